The van der Waals surface area contributed by atoms with Crippen LogP contribution >= 0.6 is 0 Å². The van der Waals surface area contributed by atoms with Crippen LogP contribution in [0.2, 0.25) is 0 Å². The van der Waals surface area contributed by atoms with Crippen LogP contribution in [0.4, 0.5) is 0 Å². The molecule has 0 saturated heterocycles. The normalized spacial score (nSPS) is 28.6. The van der Waals surface area contributed by atoms with Gasteiger partial charge in [0.05, 0.1) is 6.10 Å². The lowest BCUT2D eigenvalue weighted by Gasteiger charge is -2.38. The highest BCUT2D eigenvalue weighted by Crippen LogP contribution is 2.27. The van der Waals surface area contributed by atoms with Crippen LogP contribution in [-0.2, 0) is 6.42 Å². The summed E-state index contributed by atoms with van der Waals surface area (Å²) < 4.78 is 0. The number of aliphatic hydroxyl groups is 1. The van der Waals surface area contributed by atoms with E-state index in [1.807, 2.05) is 0 Å². The number of hydrogen-bond acceptors (Lipinski definition) is 2. The molecule has 1 aromatic carbocycles. The largest absolute Gasteiger partial charge is 0.391 e. The van der Waals surface area contributed by atoms with Crippen LogP contribution in [-0.4, -0.2) is 35.7 Å². The van der Waals surface area contributed by atoms with E-state index in [1.54, 1.807) is 0 Å². The topological polar surface area (TPSA) is 23.5 Å². The van der Waals surface area contributed by atoms with Gasteiger partial charge in [-0.1, -0.05) is 37.3 Å². The van der Waals surface area contributed by atoms with E-state index in [1.165, 1.54) is 12.0 Å². The molecule has 100 valence electrons. The molecule has 2 nitrogen and oxygen atoms in total. The number of likely N-dealkylation sites (N-methyl/N-ethyl adjacent to an activating group) is 1. The monoisotopic (exact) mass is 247 g/mol. The molecule has 1 N–H and O–H groups in total. The number of benzene rings is 1. The molecule has 0 heterocycles. The van der Waals surface area contributed by atoms with Gasteiger partial charge >= 0.3 is 0 Å². The summed E-state index contributed by atoms with van der Waals surface area (Å²) in [6.45, 7) is 3.32. The Labute approximate surface area is 111 Å². The van der Waals surface area contributed by atoms with E-state index in [-0.39, 0.29) is 6.10 Å². The van der Waals surface area contributed by atoms with Crippen molar-refractivity contribution < 1.29 is 5.11 Å². The molecule has 0 spiro atoms. The van der Waals surface area contributed by atoms with Gasteiger partial charge in [0.1, 0.15) is 0 Å². The van der Waals surface area contributed by atoms with Gasteiger partial charge in [-0.15, -0.1) is 0 Å². The van der Waals surface area contributed by atoms with Gasteiger partial charge in [0, 0.05) is 12.6 Å². The summed E-state index contributed by atoms with van der Waals surface area (Å²) in [6.07, 6.45) is 4.19. The average Bonchev–Trinajstić information content (AvgIpc) is 2.40. The summed E-state index contributed by atoms with van der Waals surface area (Å²) in [6, 6.07) is 10.9. The summed E-state index contributed by atoms with van der Waals surface area (Å²) in [4.78, 5) is 2.34. The van der Waals surface area contributed by atoms with Crippen LogP contribution in [0.1, 0.15) is 31.7 Å². The fourth-order valence-corrected chi connectivity index (χ4v) is 2.92. The third kappa shape index (κ3) is 3.56. The van der Waals surface area contributed by atoms with Crippen molar-refractivity contribution in [3.63, 3.8) is 0 Å². The van der Waals surface area contributed by atoms with E-state index in [4.69, 9.17) is 0 Å². The lowest BCUT2D eigenvalue weighted by Crippen LogP contribution is -2.45. The molecule has 0 aliphatic heterocycles. The minimum absolute atomic E-state index is 0.137. The van der Waals surface area contributed by atoms with E-state index in [9.17, 15) is 5.11 Å². The Bertz CT molecular complexity index is 351. The maximum atomic E-state index is 10.1. The zero-order valence-electron chi connectivity index (χ0n) is 11.5. The average molecular weight is 247 g/mol. The van der Waals surface area contributed by atoms with Gasteiger partial charge in [0.25, 0.3) is 0 Å². The minimum atomic E-state index is -0.137. The van der Waals surface area contributed by atoms with Gasteiger partial charge in [-0.2, -0.15) is 0 Å². The van der Waals surface area contributed by atoms with Gasteiger partial charge in [0.15, 0.2) is 0 Å². The van der Waals surface area contributed by atoms with E-state index >= 15 is 0 Å². The lowest BCUT2D eigenvalue weighted by molar-refractivity contribution is 0.0177. The molecular formula is C16H25NO. The van der Waals surface area contributed by atoms with Crippen molar-refractivity contribution in [3.05, 3.63) is 35.9 Å². The number of hydrogen-bond donors (Lipinski definition) is 1. The maximum Gasteiger partial charge on any atom is 0.0695 e. The molecule has 0 amide bonds. The Kier molecular flexibility index (Phi) is 4.79. The van der Waals surface area contributed by atoms with E-state index in [2.05, 4.69) is 49.2 Å². The Balaban J connectivity index is 1.85. The van der Waals surface area contributed by atoms with E-state index in [0.29, 0.717) is 6.04 Å². The van der Waals surface area contributed by atoms with Crippen molar-refractivity contribution in [2.75, 3.05) is 13.6 Å². The molecule has 1 aromatic rings. The molecule has 1 aliphatic carbocycles. The highest BCUT2D eigenvalue weighted by Gasteiger charge is 2.29. The molecule has 18 heavy (non-hydrogen) atoms. The van der Waals surface area contributed by atoms with Crippen molar-refractivity contribution in [2.24, 2.45) is 5.92 Å². The van der Waals surface area contributed by atoms with E-state index in [0.717, 1.165) is 31.7 Å². The fourth-order valence-electron chi connectivity index (χ4n) is 2.92. The Hall–Kier alpha value is -0.860. The van der Waals surface area contributed by atoms with Gasteiger partial charge in [-0.25, -0.2) is 0 Å². The molecule has 2 heteroatoms. The number of rotatable bonds is 4. The van der Waals surface area contributed by atoms with Gasteiger partial charge in [-0.3, -0.25) is 0 Å². The van der Waals surface area contributed by atoms with Crippen LogP contribution in [0.3, 0.4) is 0 Å². The maximum absolute atomic E-state index is 10.1. The first-order valence-corrected chi connectivity index (χ1v) is 7.09. The molecule has 0 bridgehead atoms. The molecule has 0 aromatic heterocycles. The van der Waals surface area contributed by atoms with E-state index < -0.39 is 0 Å². The third-order valence-electron chi connectivity index (χ3n) is 4.21. The summed E-state index contributed by atoms with van der Waals surface area (Å²) in [5.41, 5.74) is 1.38. The fraction of sp³-hybridized carbons (Fsp3) is 0.625. The molecular weight excluding hydrogens is 222 g/mol. The Morgan fingerprint density at radius 2 is 1.94 bits per heavy atom. The predicted octanol–water partition coefficient (Wildman–Crippen LogP) is 2.71. The van der Waals surface area contributed by atoms with Crippen LogP contribution in [0, 0.1) is 5.92 Å². The molecule has 3 atom stereocenters. The first-order chi connectivity index (χ1) is 8.66. The minimum Gasteiger partial charge on any atom is -0.391 e. The van der Waals surface area contributed by atoms with Crippen molar-refractivity contribution in [1.29, 1.82) is 0 Å². The van der Waals surface area contributed by atoms with Crippen LogP contribution in [0.25, 0.3) is 0 Å². The molecule has 0 radical (unpaired) electrons. The summed E-state index contributed by atoms with van der Waals surface area (Å²) in [5.74, 6) is 0.748. The lowest BCUT2D eigenvalue weighted by atomic mass is 9.84. The SMILES string of the molecule is CC1CCC(O)C(N(C)CCc2ccccc2)C1. The summed E-state index contributed by atoms with van der Waals surface area (Å²) >= 11 is 0. The molecule has 2 rings (SSSR count). The highest BCUT2D eigenvalue weighted by atomic mass is 16.3. The van der Waals surface area contributed by atoms with Gasteiger partial charge in [-0.05, 0) is 44.2 Å². The van der Waals surface area contributed by atoms with Crippen LogP contribution < -0.4 is 0 Å². The van der Waals surface area contributed by atoms with Crippen molar-refractivity contribution >= 4 is 0 Å². The summed E-state index contributed by atoms with van der Waals surface area (Å²) in [5, 5.41) is 10.1. The number of aliphatic hydroxyl groups excluding tert-OH is 1. The Morgan fingerprint density at radius 1 is 1.22 bits per heavy atom. The van der Waals surface area contributed by atoms with Crippen molar-refractivity contribution in [3.8, 4) is 0 Å². The second-order valence-electron chi connectivity index (χ2n) is 5.77. The quantitative estimate of drug-likeness (QED) is 0.884. The first-order valence-electron chi connectivity index (χ1n) is 7.09. The zero-order chi connectivity index (χ0) is 13.0. The van der Waals surface area contributed by atoms with Crippen molar-refractivity contribution in [2.45, 2.75) is 44.8 Å². The second kappa shape index (κ2) is 6.35. The van der Waals surface area contributed by atoms with Gasteiger partial charge in [0.2, 0.25) is 0 Å². The summed E-state index contributed by atoms with van der Waals surface area (Å²) in [7, 11) is 2.15. The predicted molar refractivity (Wildman–Crippen MR) is 75.6 cm³/mol. The standard InChI is InChI=1S/C16H25NO/c1-13-8-9-16(18)15(12-13)17(2)11-10-14-6-4-3-5-7-14/h3-7,13,15-16,18H,8-12H2,1-2H3. The zero-order valence-corrected chi connectivity index (χ0v) is 11.5. The van der Waals surface area contributed by atoms with Crippen molar-refractivity contribution in [1.82, 2.24) is 4.90 Å². The molecule has 1 aliphatic rings. The van der Waals surface area contributed by atoms with Gasteiger partial charge < -0.3 is 10.0 Å². The van der Waals surface area contributed by atoms with Crippen LogP contribution in [0.15, 0.2) is 30.3 Å². The molecule has 3 unspecified atom stereocenters. The molecule has 1 fully saturated rings. The third-order valence-corrected chi connectivity index (χ3v) is 4.21. The first kappa shape index (κ1) is 13.6. The highest BCUT2D eigenvalue weighted by molar-refractivity contribution is 5.14. The molecule has 1 saturated carbocycles. The van der Waals surface area contributed by atoms with Crippen LogP contribution in [0.5, 0.6) is 0 Å². The Morgan fingerprint density at radius 3 is 2.67 bits per heavy atom. The smallest absolute Gasteiger partial charge is 0.0695 e. The second-order valence-corrected chi connectivity index (χ2v) is 5.77. The number of nitrogens with zero attached hydrogens (tertiary/aromatic N) is 1.